The number of alkyl halides is 1. The lowest BCUT2D eigenvalue weighted by Gasteiger charge is -2.28. The van der Waals surface area contributed by atoms with Crippen molar-refractivity contribution in [3.8, 4) is 0 Å². The summed E-state index contributed by atoms with van der Waals surface area (Å²) >= 11 is 5.78. The van der Waals surface area contributed by atoms with Gasteiger partial charge in [0.2, 0.25) is 0 Å². The summed E-state index contributed by atoms with van der Waals surface area (Å²) in [4.78, 5) is 2.34. The van der Waals surface area contributed by atoms with E-state index in [1.165, 1.54) is 19.3 Å². The van der Waals surface area contributed by atoms with E-state index in [9.17, 15) is 0 Å². The van der Waals surface area contributed by atoms with Crippen LogP contribution >= 0.6 is 11.6 Å². The zero-order chi connectivity index (χ0) is 10.4. The summed E-state index contributed by atoms with van der Waals surface area (Å²) < 4.78 is 5.69. The first-order valence-corrected chi connectivity index (χ1v) is 6.12. The molecule has 1 aliphatic heterocycles. The van der Waals surface area contributed by atoms with Gasteiger partial charge in [-0.15, -0.1) is 11.6 Å². The van der Waals surface area contributed by atoms with Crippen LogP contribution in [0.4, 0.5) is 0 Å². The van der Waals surface area contributed by atoms with E-state index >= 15 is 0 Å². The minimum absolute atomic E-state index is 0.455. The summed E-state index contributed by atoms with van der Waals surface area (Å²) in [5.41, 5.74) is 0. The zero-order valence-corrected chi connectivity index (χ0v) is 10.1. The number of ether oxygens (including phenoxy) is 1. The first kappa shape index (κ1) is 12.3. The van der Waals surface area contributed by atoms with Crippen molar-refractivity contribution in [1.82, 2.24) is 4.90 Å². The predicted octanol–water partition coefficient (Wildman–Crippen LogP) is 2.36. The van der Waals surface area contributed by atoms with Crippen LogP contribution in [0.1, 0.15) is 26.2 Å². The quantitative estimate of drug-likeness (QED) is 0.659. The van der Waals surface area contributed by atoms with E-state index in [0.717, 1.165) is 25.6 Å². The molecule has 1 rings (SSSR count). The van der Waals surface area contributed by atoms with Crippen molar-refractivity contribution in [2.24, 2.45) is 5.92 Å². The lowest BCUT2D eigenvalue weighted by atomic mass is 10.1. The van der Waals surface area contributed by atoms with E-state index in [2.05, 4.69) is 18.9 Å². The summed E-state index contributed by atoms with van der Waals surface area (Å²) in [5.74, 6) is 1.32. The van der Waals surface area contributed by atoms with E-state index in [1.807, 2.05) is 0 Å². The van der Waals surface area contributed by atoms with Crippen molar-refractivity contribution >= 4 is 11.6 Å². The summed E-state index contributed by atoms with van der Waals surface area (Å²) in [6, 6.07) is 0. The van der Waals surface area contributed by atoms with Gasteiger partial charge in [-0.1, -0.05) is 6.92 Å². The van der Waals surface area contributed by atoms with Crippen molar-refractivity contribution in [3.63, 3.8) is 0 Å². The predicted molar refractivity (Wildman–Crippen MR) is 61.0 cm³/mol. The molecule has 0 aromatic rings. The maximum Gasteiger partial charge on any atom is 0.0701 e. The zero-order valence-electron chi connectivity index (χ0n) is 9.34. The average molecular weight is 220 g/mol. The molecule has 2 unspecified atom stereocenters. The standard InChI is InChI=1S/C11H22ClNO/c1-10(7-12)8-13(2)9-11-5-3-4-6-14-11/h10-11H,3-9H2,1-2H3. The summed E-state index contributed by atoms with van der Waals surface area (Å²) in [7, 11) is 2.15. The highest BCUT2D eigenvalue weighted by Gasteiger charge is 2.16. The maximum atomic E-state index is 5.78. The normalized spacial score (nSPS) is 25.3. The van der Waals surface area contributed by atoms with Gasteiger partial charge in [-0.05, 0) is 32.2 Å². The third-order valence-corrected chi connectivity index (χ3v) is 3.20. The maximum absolute atomic E-state index is 5.78. The second-order valence-electron chi connectivity index (χ2n) is 4.47. The minimum Gasteiger partial charge on any atom is -0.377 e. The second kappa shape index (κ2) is 6.65. The fourth-order valence-electron chi connectivity index (χ4n) is 1.95. The molecule has 1 fully saturated rings. The average Bonchev–Trinajstić information content (AvgIpc) is 2.19. The van der Waals surface area contributed by atoms with Crippen molar-refractivity contribution in [3.05, 3.63) is 0 Å². The fraction of sp³-hybridized carbons (Fsp3) is 1.00. The molecule has 1 saturated heterocycles. The molecule has 1 aliphatic rings. The number of likely N-dealkylation sites (N-methyl/N-ethyl adjacent to an activating group) is 1. The lowest BCUT2D eigenvalue weighted by molar-refractivity contribution is -0.00278. The number of hydrogen-bond acceptors (Lipinski definition) is 2. The number of hydrogen-bond donors (Lipinski definition) is 0. The summed E-state index contributed by atoms with van der Waals surface area (Å²) in [6.45, 7) is 5.26. The van der Waals surface area contributed by atoms with Crippen LogP contribution in [0.15, 0.2) is 0 Å². The molecular formula is C11H22ClNO. The molecule has 0 N–H and O–H groups in total. The SMILES string of the molecule is CC(CCl)CN(C)CC1CCCCO1. The van der Waals surface area contributed by atoms with Crippen molar-refractivity contribution < 1.29 is 4.74 Å². The van der Waals surface area contributed by atoms with E-state index in [1.54, 1.807) is 0 Å². The van der Waals surface area contributed by atoms with Gasteiger partial charge in [-0.25, -0.2) is 0 Å². The van der Waals surface area contributed by atoms with Gasteiger partial charge < -0.3 is 9.64 Å². The van der Waals surface area contributed by atoms with Gasteiger partial charge in [0.1, 0.15) is 0 Å². The summed E-state index contributed by atoms with van der Waals surface area (Å²) in [6.07, 6.45) is 4.23. The number of nitrogens with zero attached hydrogens (tertiary/aromatic N) is 1. The van der Waals surface area contributed by atoms with Crippen LogP contribution in [0.5, 0.6) is 0 Å². The highest BCUT2D eigenvalue weighted by molar-refractivity contribution is 6.18. The molecule has 0 aromatic heterocycles. The third-order valence-electron chi connectivity index (χ3n) is 2.68. The third kappa shape index (κ3) is 4.63. The first-order chi connectivity index (χ1) is 6.72. The van der Waals surface area contributed by atoms with Gasteiger partial charge in [0.15, 0.2) is 0 Å². The molecule has 14 heavy (non-hydrogen) atoms. The molecule has 1 heterocycles. The number of rotatable bonds is 5. The Balaban J connectivity index is 2.14. The molecule has 0 amide bonds. The Morgan fingerprint density at radius 1 is 1.50 bits per heavy atom. The Hall–Kier alpha value is 0.210. The van der Waals surface area contributed by atoms with Gasteiger partial charge in [0.05, 0.1) is 6.10 Å². The van der Waals surface area contributed by atoms with E-state index in [-0.39, 0.29) is 0 Å². The van der Waals surface area contributed by atoms with Gasteiger partial charge >= 0.3 is 0 Å². The Bertz CT molecular complexity index is 148. The van der Waals surface area contributed by atoms with Crippen molar-refractivity contribution in [1.29, 1.82) is 0 Å². The van der Waals surface area contributed by atoms with Crippen molar-refractivity contribution in [2.75, 3.05) is 32.6 Å². The van der Waals surface area contributed by atoms with Crippen molar-refractivity contribution in [2.45, 2.75) is 32.3 Å². The second-order valence-corrected chi connectivity index (χ2v) is 4.78. The van der Waals surface area contributed by atoms with Crippen LogP contribution in [0.25, 0.3) is 0 Å². The van der Waals surface area contributed by atoms with E-state index in [4.69, 9.17) is 16.3 Å². The smallest absolute Gasteiger partial charge is 0.0701 e. The Morgan fingerprint density at radius 3 is 2.86 bits per heavy atom. The van der Waals surface area contributed by atoms with E-state index in [0.29, 0.717) is 12.0 Å². The van der Waals surface area contributed by atoms with Gasteiger partial charge in [0.25, 0.3) is 0 Å². The molecule has 2 nitrogen and oxygen atoms in total. The topological polar surface area (TPSA) is 12.5 Å². The largest absolute Gasteiger partial charge is 0.377 e. The van der Waals surface area contributed by atoms with E-state index < -0.39 is 0 Å². The minimum atomic E-state index is 0.455. The highest BCUT2D eigenvalue weighted by atomic mass is 35.5. The molecule has 0 radical (unpaired) electrons. The molecule has 0 bridgehead atoms. The molecule has 0 aliphatic carbocycles. The molecule has 0 spiro atoms. The highest BCUT2D eigenvalue weighted by Crippen LogP contribution is 2.13. The molecule has 0 saturated carbocycles. The van der Waals surface area contributed by atoms with Gasteiger partial charge in [-0.3, -0.25) is 0 Å². The van der Waals surface area contributed by atoms with Crippen LogP contribution in [0.3, 0.4) is 0 Å². The monoisotopic (exact) mass is 219 g/mol. The van der Waals surface area contributed by atoms with Gasteiger partial charge in [-0.2, -0.15) is 0 Å². The van der Waals surface area contributed by atoms with Crippen LogP contribution < -0.4 is 0 Å². The Kier molecular flexibility index (Phi) is 5.83. The van der Waals surface area contributed by atoms with Gasteiger partial charge in [0, 0.05) is 25.6 Å². The Morgan fingerprint density at radius 2 is 2.29 bits per heavy atom. The number of halogens is 1. The fourth-order valence-corrected chi connectivity index (χ4v) is 2.05. The van der Waals surface area contributed by atoms with Crippen LogP contribution in [-0.4, -0.2) is 43.6 Å². The molecule has 0 aromatic carbocycles. The Labute approximate surface area is 92.6 Å². The molecule has 2 atom stereocenters. The lowest BCUT2D eigenvalue weighted by Crippen LogP contribution is -2.35. The first-order valence-electron chi connectivity index (χ1n) is 5.58. The van der Waals surface area contributed by atoms with Crippen LogP contribution in [0, 0.1) is 5.92 Å². The molecular weight excluding hydrogens is 198 g/mol. The van der Waals surface area contributed by atoms with Crippen LogP contribution in [-0.2, 0) is 4.74 Å². The summed E-state index contributed by atoms with van der Waals surface area (Å²) in [5, 5.41) is 0. The van der Waals surface area contributed by atoms with Crippen LogP contribution in [0.2, 0.25) is 0 Å². The molecule has 84 valence electrons. The molecule has 3 heteroatoms.